The van der Waals surface area contributed by atoms with Crippen LogP contribution in [0.4, 0.5) is 13.2 Å². The van der Waals surface area contributed by atoms with Gasteiger partial charge in [0.1, 0.15) is 5.39 Å². The molecule has 9 heteroatoms. The molecule has 102 valence electrons. The molecule has 0 aliphatic carbocycles. The molecule has 0 unspecified atom stereocenters. The van der Waals surface area contributed by atoms with Gasteiger partial charge < -0.3 is 19.8 Å². The molecule has 2 heterocycles. The predicted octanol–water partition coefficient (Wildman–Crippen LogP) is 1.50. The van der Waals surface area contributed by atoms with E-state index < -0.39 is 35.8 Å². The quantitative estimate of drug-likeness (QED) is 0.791. The van der Waals surface area contributed by atoms with E-state index in [0.717, 1.165) is 0 Å². The number of pyridine rings is 1. The van der Waals surface area contributed by atoms with Crippen LogP contribution in [-0.4, -0.2) is 33.8 Å². The number of alkyl halides is 3. The summed E-state index contributed by atoms with van der Waals surface area (Å²) < 4.78 is 40.8. The maximum absolute atomic E-state index is 12.1. The second-order valence-corrected chi connectivity index (χ2v) is 3.63. The van der Waals surface area contributed by atoms with E-state index in [1.165, 1.54) is 12.3 Å². The number of ether oxygens (including phenoxy) is 1. The number of rotatable bonds is 3. The normalized spacial score (nSPS) is 11.7. The maximum atomic E-state index is 12.1. The molecule has 2 rings (SSSR count). The summed E-state index contributed by atoms with van der Waals surface area (Å²) in [6, 6.07) is 1.32. The van der Waals surface area contributed by atoms with Crippen LogP contribution < -0.4 is 10.3 Å². The van der Waals surface area contributed by atoms with Gasteiger partial charge in [0.15, 0.2) is 18.1 Å². The monoisotopic (exact) mass is 276 g/mol. The number of nitrogens with one attached hydrogen (secondary N) is 2. The van der Waals surface area contributed by atoms with Gasteiger partial charge in [-0.1, -0.05) is 0 Å². The molecule has 19 heavy (non-hydrogen) atoms. The summed E-state index contributed by atoms with van der Waals surface area (Å²) in [7, 11) is 0. The lowest BCUT2D eigenvalue weighted by atomic mass is 10.3. The van der Waals surface area contributed by atoms with E-state index in [4.69, 9.17) is 5.11 Å². The van der Waals surface area contributed by atoms with Gasteiger partial charge in [0.2, 0.25) is 0 Å². The number of carbonyl (C=O) groups is 1. The highest BCUT2D eigenvalue weighted by Gasteiger charge is 2.31. The van der Waals surface area contributed by atoms with Gasteiger partial charge in [-0.05, 0) is 6.07 Å². The summed E-state index contributed by atoms with van der Waals surface area (Å²) in [4.78, 5) is 27.0. The molecular formula is C10H7F3N2O4. The minimum Gasteiger partial charge on any atom is -0.481 e. The van der Waals surface area contributed by atoms with Crippen molar-refractivity contribution in [1.82, 2.24) is 9.97 Å². The topological polar surface area (TPSA) is 95.2 Å². The Morgan fingerprint density at radius 2 is 2.11 bits per heavy atom. The number of H-pyrrole nitrogens is 2. The Morgan fingerprint density at radius 1 is 1.42 bits per heavy atom. The third-order valence-corrected chi connectivity index (χ3v) is 2.27. The molecule has 6 nitrogen and oxygen atoms in total. The summed E-state index contributed by atoms with van der Waals surface area (Å²) in [6.07, 6.45) is -3.40. The highest BCUT2D eigenvalue weighted by Crippen LogP contribution is 2.29. The summed E-state index contributed by atoms with van der Waals surface area (Å²) >= 11 is 0. The first-order valence-electron chi connectivity index (χ1n) is 4.96. The number of aromatic amines is 2. The zero-order chi connectivity index (χ0) is 14.2. The summed E-state index contributed by atoms with van der Waals surface area (Å²) in [5, 5.41) is 8.62. The number of halogens is 3. The largest absolute Gasteiger partial charge is 0.481 e. The van der Waals surface area contributed by atoms with Crippen LogP contribution in [0, 0.1) is 0 Å². The van der Waals surface area contributed by atoms with E-state index in [2.05, 4.69) is 14.7 Å². The Hall–Kier alpha value is -2.45. The molecule has 0 saturated carbocycles. The SMILES string of the molecule is O=C(O)c1[nH]c2cc[nH]c(=O)c2c1OCC(F)(F)F. The molecule has 0 atom stereocenters. The van der Waals surface area contributed by atoms with Gasteiger partial charge in [-0.3, -0.25) is 4.79 Å². The van der Waals surface area contributed by atoms with E-state index in [-0.39, 0.29) is 10.9 Å². The van der Waals surface area contributed by atoms with Gasteiger partial charge in [0.05, 0.1) is 5.52 Å². The maximum Gasteiger partial charge on any atom is 0.422 e. The number of carboxylic acid groups (broad SMARTS) is 1. The van der Waals surface area contributed by atoms with Crippen LogP contribution in [0.15, 0.2) is 17.1 Å². The molecule has 0 spiro atoms. The molecule has 2 aromatic heterocycles. The lowest BCUT2D eigenvalue weighted by molar-refractivity contribution is -0.153. The number of aromatic nitrogens is 2. The zero-order valence-electron chi connectivity index (χ0n) is 9.17. The summed E-state index contributed by atoms with van der Waals surface area (Å²) in [6.45, 7) is -1.69. The first-order chi connectivity index (χ1) is 8.79. The second kappa shape index (κ2) is 4.34. The summed E-state index contributed by atoms with van der Waals surface area (Å²) in [5.41, 5.74) is -1.26. The molecular weight excluding hydrogens is 269 g/mol. The number of hydrogen-bond acceptors (Lipinski definition) is 3. The predicted molar refractivity (Wildman–Crippen MR) is 57.4 cm³/mol. The number of hydrogen-bond donors (Lipinski definition) is 3. The number of fused-ring (bicyclic) bond motifs is 1. The van der Waals surface area contributed by atoms with Crippen LogP contribution in [0.3, 0.4) is 0 Å². The molecule has 0 aliphatic rings. The third-order valence-electron chi connectivity index (χ3n) is 2.27. The van der Waals surface area contributed by atoms with E-state index in [1.807, 2.05) is 0 Å². The molecule has 0 fully saturated rings. The highest BCUT2D eigenvalue weighted by atomic mass is 19.4. The van der Waals surface area contributed by atoms with Gasteiger partial charge >= 0.3 is 12.1 Å². The Balaban J connectivity index is 2.58. The van der Waals surface area contributed by atoms with Crippen molar-refractivity contribution < 1.29 is 27.8 Å². The van der Waals surface area contributed by atoms with Crippen LogP contribution in [0.1, 0.15) is 10.5 Å². The fourth-order valence-corrected chi connectivity index (χ4v) is 1.57. The van der Waals surface area contributed by atoms with Crippen LogP contribution in [-0.2, 0) is 0 Å². The average molecular weight is 276 g/mol. The van der Waals surface area contributed by atoms with Gasteiger partial charge in [-0.15, -0.1) is 0 Å². The zero-order valence-corrected chi connectivity index (χ0v) is 9.17. The Labute approximate surface area is 102 Å². The first kappa shape index (κ1) is 13.0. The van der Waals surface area contributed by atoms with Crippen molar-refractivity contribution in [2.45, 2.75) is 6.18 Å². The van der Waals surface area contributed by atoms with Gasteiger partial charge in [0, 0.05) is 6.20 Å². The smallest absolute Gasteiger partial charge is 0.422 e. The first-order valence-corrected chi connectivity index (χ1v) is 4.96. The minimum atomic E-state index is -4.64. The van der Waals surface area contributed by atoms with E-state index >= 15 is 0 Å². The Bertz CT molecular complexity index is 686. The molecule has 0 aliphatic heterocycles. The standard InChI is InChI=1S/C10H7F3N2O4/c11-10(12,13)3-19-7-5-4(1-2-14-8(5)16)15-6(7)9(17)18/h1-2,15H,3H2,(H,14,16)(H,17,18). The lowest BCUT2D eigenvalue weighted by Gasteiger charge is -2.08. The highest BCUT2D eigenvalue weighted by molar-refractivity contribution is 5.99. The van der Waals surface area contributed by atoms with E-state index in [1.54, 1.807) is 0 Å². The van der Waals surface area contributed by atoms with Crippen molar-refractivity contribution in [1.29, 1.82) is 0 Å². The lowest BCUT2D eigenvalue weighted by Crippen LogP contribution is -2.20. The molecule has 0 saturated heterocycles. The molecule has 2 aromatic rings. The Kier molecular flexibility index (Phi) is 2.97. The van der Waals surface area contributed by atoms with Crippen molar-refractivity contribution in [3.8, 4) is 5.75 Å². The van der Waals surface area contributed by atoms with E-state index in [0.29, 0.717) is 0 Å². The molecule has 0 amide bonds. The van der Waals surface area contributed by atoms with Crippen molar-refractivity contribution in [3.63, 3.8) is 0 Å². The fraction of sp³-hybridized carbons (Fsp3) is 0.200. The van der Waals surface area contributed by atoms with Crippen molar-refractivity contribution in [2.75, 3.05) is 6.61 Å². The van der Waals surface area contributed by atoms with Crippen LogP contribution in [0.5, 0.6) is 5.75 Å². The fourth-order valence-electron chi connectivity index (χ4n) is 1.57. The van der Waals surface area contributed by atoms with Gasteiger partial charge in [-0.25, -0.2) is 4.79 Å². The molecule has 0 bridgehead atoms. The third kappa shape index (κ3) is 2.54. The molecule has 3 N–H and O–H groups in total. The Morgan fingerprint density at radius 3 is 2.68 bits per heavy atom. The number of aromatic carboxylic acids is 1. The molecule has 0 aromatic carbocycles. The van der Waals surface area contributed by atoms with Crippen molar-refractivity contribution in [2.24, 2.45) is 0 Å². The van der Waals surface area contributed by atoms with Crippen molar-refractivity contribution in [3.05, 3.63) is 28.3 Å². The van der Waals surface area contributed by atoms with Gasteiger partial charge in [-0.2, -0.15) is 13.2 Å². The number of carboxylic acids is 1. The van der Waals surface area contributed by atoms with Gasteiger partial charge in [0.25, 0.3) is 5.56 Å². The second-order valence-electron chi connectivity index (χ2n) is 3.63. The average Bonchev–Trinajstić information content (AvgIpc) is 2.65. The minimum absolute atomic E-state index is 0.0818. The summed E-state index contributed by atoms with van der Waals surface area (Å²) in [5.74, 6) is -2.14. The molecule has 0 radical (unpaired) electrons. The van der Waals surface area contributed by atoms with Crippen LogP contribution >= 0.6 is 0 Å². The van der Waals surface area contributed by atoms with Crippen LogP contribution in [0.2, 0.25) is 0 Å². The van der Waals surface area contributed by atoms with Crippen LogP contribution in [0.25, 0.3) is 10.9 Å². The van der Waals surface area contributed by atoms with E-state index in [9.17, 15) is 22.8 Å². The van der Waals surface area contributed by atoms with Crippen molar-refractivity contribution >= 4 is 16.9 Å².